The van der Waals surface area contributed by atoms with E-state index in [9.17, 15) is 24.3 Å². The Bertz CT molecular complexity index is 817. The highest BCUT2D eigenvalue weighted by molar-refractivity contribution is 5.94. The Morgan fingerprint density at radius 2 is 1.53 bits per heavy atom. The number of H-pyrrole nitrogens is 1. The van der Waals surface area contributed by atoms with Crippen LogP contribution in [0.2, 0.25) is 0 Å². The summed E-state index contributed by atoms with van der Waals surface area (Å²) in [4.78, 5) is 57.0. The fraction of sp³-hybridized carbons (Fsp3) is 0.696. The van der Waals surface area contributed by atoms with Gasteiger partial charge in [0.1, 0.15) is 18.1 Å². The minimum atomic E-state index is -1.22. The molecule has 0 saturated carbocycles. The van der Waals surface area contributed by atoms with Crippen LogP contribution in [0.5, 0.6) is 0 Å². The molecule has 0 aliphatic heterocycles. The molecule has 3 amide bonds. The van der Waals surface area contributed by atoms with Crippen LogP contribution in [0.25, 0.3) is 0 Å². The molecule has 1 rings (SSSR count). The predicted octanol–water partition coefficient (Wildman–Crippen LogP) is -1.27. The molecule has 0 saturated heterocycles. The van der Waals surface area contributed by atoms with Crippen molar-refractivity contribution in [3.8, 4) is 0 Å². The number of carboxylic acids is 1. The van der Waals surface area contributed by atoms with E-state index in [0.717, 1.165) is 6.42 Å². The summed E-state index contributed by atoms with van der Waals surface area (Å²) in [5, 5.41) is 17.4. The van der Waals surface area contributed by atoms with Crippen LogP contribution in [0.1, 0.15) is 58.1 Å². The first-order chi connectivity index (χ1) is 17.1. The summed E-state index contributed by atoms with van der Waals surface area (Å²) in [6.45, 7) is 4.39. The number of hydrogen-bond acceptors (Lipinski definition) is 8. The normalized spacial score (nSPS) is 14.5. The maximum Gasteiger partial charge on any atom is 0.326 e. The van der Waals surface area contributed by atoms with Crippen LogP contribution in [0, 0.1) is 5.92 Å². The summed E-state index contributed by atoms with van der Waals surface area (Å²) in [6.07, 6.45) is 6.30. The summed E-state index contributed by atoms with van der Waals surface area (Å²) >= 11 is 0. The van der Waals surface area contributed by atoms with Gasteiger partial charge in [-0.25, -0.2) is 9.78 Å². The summed E-state index contributed by atoms with van der Waals surface area (Å²) in [6, 6.07) is -3.95. The number of carboxylic acid groups (broad SMARTS) is 1. The number of nitrogens with two attached hydrogens (primary N) is 3. The van der Waals surface area contributed by atoms with E-state index < -0.39 is 47.9 Å². The molecule has 4 unspecified atom stereocenters. The van der Waals surface area contributed by atoms with Gasteiger partial charge in [-0.15, -0.1) is 0 Å². The van der Waals surface area contributed by atoms with Crippen LogP contribution < -0.4 is 33.2 Å². The third kappa shape index (κ3) is 11.1. The third-order valence-electron chi connectivity index (χ3n) is 5.73. The molecule has 204 valence electrons. The first kappa shape index (κ1) is 31.0. The highest BCUT2D eigenvalue weighted by atomic mass is 16.4. The average Bonchev–Trinajstić information content (AvgIpc) is 3.34. The minimum Gasteiger partial charge on any atom is -0.480 e. The van der Waals surface area contributed by atoms with Crippen LogP contribution in [-0.4, -0.2) is 76.0 Å². The van der Waals surface area contributed by atoms with Crippen molar-refractivity contribution >= 4 is 23.7 Å². The third-order valence-corrected chi connectivity index (χ3v) is 5.73. The van der Waals surface area contributed by atoms with E-state index in [-0.39, 0.29) is 12.3 Å². The van der Waals surface area contributed by atoms with E-state index in [4.69, 9.17) is 17.2 Å². The summed E-state index contributed by atoms with van der Waals surface area (Å²) in [5.74, 6) is -3.23. The largest absolute Gasteiger partial charge is 0.480 e. The van der Waals surface area contributed by atoms with E-state index in [1.807, 2.05) is 0 Å². The maximum atomic E-state index is 13.1. The number of nitrogens with zero attached hydrogens (tertiary/aromatic N) is 1. The molecule has 0 radical (unpaired) electrons. The Kier molecular flexibility index (Phi) is 14.3. The molecular weight excluding hydrogens is 468 g/mol. The van der Waals surface area contributed by atoms with Gasteiger partial charge in [-0.05, 0) is 51.1 Å². The molecule has 1 aromatic heterocycles. The van der Waals surface area contributed by atoms with E-state index >= 15 is 0 Å². The maximum absolute atomic E-state index is 13.1. The zero-order chi connectivity index (χ0) is 27.1. The van der Waals surface area contributed by atoms with Crippen molar-refractivity contribution in [2.45, 2.75) is 83.0 Å². The van der Waals surface area contributed by atoms with Gasteiger partial charge in [0.25, 0.3) is 0 Å². The zero-order valence-corrected chi connectivity index (χ0v) is 21.2. The molecule has 1 heterocycles. The highest BCUT2D eigenvalue weighted by Gasteiger charge is 2.32. The van der Waals surface area contributed by atoms with Gasteiger partial charge < -0.3 is 43.2 Å². The van der Waals surface area contributed by atoms with Crippen molar-refractivity contribution in [1.29, 1.82) is 0 Å². The molecule has 0 aliphatic carbocycles. The topological polar surface area (TPSA) is 231 Å². The number of imidazole rings is 1. The van der Waals surface area contributed by atoms with Crippen LogP contribution >= 0.6 is 0 Å². The molecule has 0 aromatic carbocycles. The van der Waals surface area contributed by atoms with Crippen LogP contribution in [0.15, 0.2) is 12.5 Å². The average molecular weight is 511 g/mol. The predicted molar refractivity (Wildman–Crippen MR) is 134 cm³/mol. The molecular formula is C23H42N8O5. The number of aliphatic carboxylic acids is 1. The Morgan fingerprint density at radius 1 is 0.917 bits per heavy atom. The van der Waals surface area contributed by atoms with Gasteiger partial charge >= 0.3 is 5.97 Å². The molecule has 0 fully saturated rings. The number of rotatable bonds is 18. The number of nitrogens with one attached hydrogen (secondary N) is 4. The van der Waals surface area contributed by atoms with Crippen molar-refractivity contribution in [2.75, 3.05) is 13.1 Å². The van der Waals surface area contributed by atoms with Crippen LogP contribution in [0.4, 0.5) is 0 Å². The van der Waals surface area contributed by atoms with Crippen molar-refractivity contribution in [2.24, 2.45) is 23.1 Å². The Hall–Kier alpha value is -3.03. The monoisotopic (exact) mass is 510 g/mol. The zero-order valence-electron chi connectivity index (χ0n) is 21.2. The van der Waals surface area contributed by atoms with E-state index in [1.54, 1.807) is 13.8 Å². The van der Waals surface area contributed by atoms with Crippen LogP contribution in [0.3, 0.4) is 0 Å². The Labute approximate surface area is 211 Å². The number of unbranched alkanes of at least 4 members (excludes halogenated alkanes) is 2. The number of aromatic nitrogens is 2. The van der Waals surface area contributed by atoms with E-state index in [2.05, 4.69) is 25.9 Å². The molecule has 1 aromatic rings. The number of hydrogen-bond donors (Lipinski definition) is 8. The van der Waals surface area contributed by atoms with Gasteiger partial charge in [0.05, 0.1) is 12.4 Å². The second-order valence-corrected chi connectivity index (χ2v) is 9.15. The van der Waals surface area contributed by atoms with Gasteiger partial charge in [-0.2, -0.15) is 0 Å². The summed E-state index contributed by atoms with van der Waals surface area (Å²) in [5.41, 5.74) is 17.5. The number of amides is 3. The first-order valence-corrected chi connectivity index (χ1v) is 12.4. The molecule has 36 heavy (non-hydrogen) atoms. The molecule has 13 nitrogen and oxygen atoms in total. The Balaban J connectivity index is 2.89. The quantitative estimate of drug-likeness (QED) is 0.110. The fourth-order valence-corrected chi connectivity index (χ4v) is 3.55. The van der Waals surface area contributed by atoms with Gasteiger partial charge in [0, 0.05) is 18.3 Å². The van der Waals surface area contributed by atoms with E-state index in [0.29, 0.717) is 50.9 Å². The van der Waals surface area contributed by atoms with Crippen molar-refractivity contribution in [3.63, 3.8) is 0 Å². The lowest BCUT2D eigenvalue weighted by Gasteiger charge is -2.27. The van der Waals surface area contributed by atoms with Crippen molar-refractivity contribution in [1.82, 2.24) is 25.9 Å². The standard InChI is InChI=1S/C23H42N8O5/c1-14(2)19(22(34)30-18(23(35)36)11-15-12-27-13-28-15)31-21(33)17(8-4-6-10-25)29-20(32)16(26)7-3-5-9-24/h12-14,16-19H,3-11,24-26H2,1-2H3,(H,27,28)(H,29,32)(H,30,34)(H,31,33)(H,35,36). The van der Waals surface area contributed by atoms with Crippen molar-refractivity contribution in [3.05, 3.63) is 18.2 Å². The number of carbonyl (C=O) groups is 4. The SMILES string of the molecule is CC(C)C(NC(=O)C(CCCCN)NC(=O)C(N)CCCCN)C(=O)NC(Cc1cnc[nH]1)C(=O)O. The van der Waals surface area contributed by atoms with Gasteiger partial charge in [-0.1, -0.05) is 20.3 Å². The first-order valence-electron chi connectivity index (χ1n) is 12.4. The Morgan fingerprint density at radius 3 is 2.06 bits per heavy atom. The lowest BCUT2D eigenvalue weighted by molar-refractivity contribution is -0.142. The minimum absolute atomic E-state index is 0.000346. The second-order valence-electron chi connectivity index (χ2n) is 9.15. The molecule has 4 atom stereocenters. The summed E-state index contributed by atoms with van der Waals surface area (Å²) < 4.78 is 0. The summed E-state index contributed by atoms with van der Waals surface area (Å²) in [7, 11) is 0. The smallest absolute Gasteiger partial charge is 0.326 e. The molecule has 11 N–H and O–H groups in total. The lowest BCUT2D eigenvalue weighted by atomic mass is 10.0. The fourth-order valence-electron chi connectivity index (χ4n) is 3.55. The van der Waals surface area contributed by atoms with E-state index in [1.165, 1.54) is 12.5 Å². The number of carbonyl (C=O) groups excluding carboxylic acids is 3. The van der Waals surface area contributed by atoms with Gasteiger partial charge in [0.2, 0.25) is 17.7 Å². The second kappa shape index (κ2) is 16.6. The van der Waals surface area contributed by atoms with Gasteiger partial charge in [0.15, 0.2) is 0 Å². The van der Waals surface area contributed by atoms with Crippen molar-refractivity contribution < 1.29 is 24.3 Å². The van der Waals surface area contributed by atoms with Crippen LogP contribution in [-0.2, 0) is 25.6 Å². The highest BCUT2D eigenvalue weighted by Crippen LogP contribution is 2.08. The molecule has 0 bridgehead atoms. The lowest BCUT2D eigenvalue weighted by Crippen LogP contribution is -2.58. The van der Waals surface area contributed by atoms with Gasteiger partial charge in [-0.3, -0.25) is 14.4 Å². The molecule has 0 aliphatic rings. The number of aromatic amines is 1. The molecule has 13 heteroatoms. The molecule has 0 spiro atoms.